The van der Waals surface area contributed by atoms with Crippen LogP contribution in [0.1, 0.15) is 21.6 Å². The molecule has 0 aliphatic rings. The number of aromatic nitrogens is 4. The van der Waals surface area contributed by atoms with Gasteiger partial charge in [0.1, 0.15) is 17.0 Å². The molecule has 0 aliphatic heterocycles. The molecule has 0 fully saturated rings. The fourth-order valence-electron chi connectivity index (χ4n) is 3.37. The van der Waals surface area contributed by atoms with Crippen molar-refractivity contribution in [3.8, 4) is 28.6 Å². The second-order valence-corrected chi connectivity index (χ2v) is 7.06. The quantitative estimate of drug-likeness (QED) is 0.512. The number of H-pyrrole nitrogens is 1. The standard InChI is InChI=1S/C22H21N5O4/c1-11-5-6-13(9-12(11)2)27-21-18(25-22(27)29)17(19(23)28)24-20(26-21)15-8-7-14(30-3)10-16(15)31-4/h5-10H,1-4H3,(H2,23,28)(H,25,29). The minimum Gasteiger partial charge on any atom is -0.497 e. The number of benzene rings is 2. The van der Waals surface area contributed by atoms with E-state index in [0.717, 1.165) is 11.1 Å². The van der Waals surface area contributed by atoms with Crippen molar-refractivity contribution in [3.63, 3.8) is 0 Å². The van der Waals surface area contributed by atoms with Gasteiger partial charge in [0, 0.05) is 6.07 Å². The minimum absolute atomic E-state index is 0.0856. The second-order valence-electron chi connectivity index (χ2n) is 7.06. The van der Waals surface area contributed by atoms with Crippen LogP contribution in [-0.4, -0.2) is 39.6 Å². The number of rotatable bonds is 5. The Morgan fingerprint density at radius 1 is 1.03 bits per heavy atom. The van der Waals surface area contributed by atoms with Gasteiger partial charge in [-0.15, -0.1) is 0 Å². The summed E-state index contributed by atoms with van der Waals surface area (Å²) in [5.41, 5.74) is 8.69. The van der Waals surface area contributed by atoms with Gasteiger partial charge in [0.15, 0.2) is 17.2 Å². The summed E-state index contributed by atoms with van der Waals surface area (Å²) in [6.45, 7) is 3.94. The summed E-state index contributed by atoms with van der Waals surface area (Å²) >= 11 is 0. The van der Waals surface area contributed by atoms with E-state index in [1.807, 2.05) is 32.0 Å². The number of aryl methyl sites for hydroxylation is 2. The van der Waals surface area contributed by atoms with E-state index in [0.29, 0.717) is 22.7 Å². The van der Waals surface area contributed by atoms with Gasteiger partial charge in [0.05, 0.1) is 25.5 Å². The number of nitrogens with one attached hydrogen (secondary N) is 1. The molecule has 31 heavy (non-hydrogen) atoms. The number of aromatic amines is 1. The molecule has 0 saturated heterocycles. The lowest BCUT2D eigenvalue weighted by atomic mass is 10.1. The van der Waals surface area contributed by atoms with Crippen LogP contribution in [0.25, 0.3) is 28.2 Å². The number of nitrogens with zero attached hydrogens (tertiary/aromatic N) is 3. The number of hydrogen-bond acceptors (Lipinski definition) is 6. The third-order valence-electron chi connectivity index (χ3n) is 5.17. The van der Waals surface area contributed by atoms with Crippen molar-refractivity contribution >= 4 is 17.1 Å². The summed E-state index contributed by atoms with van der Waals surface area (Å²) in [6, 6.07) is 10.7. The maximum atomic E-state index is 12.8. The van der Waals surface area contributed by atoms with Gasteiger partial charge in [0.2, 0.25) is 0 Å². The average molecular weight is 419 g/mol. The summed E-state index contributed by atoms with van der Waals surface area (Å²) in [7, 11) is 3.05. The molecule has 0 bridgehead atoms. The van der Waals surface area contributed by atoms with Gasteiger partial charge in [-0.05, 0) is 49.2 Å². The van der Waals surface area contributed by atoms with Crippen molar-refractivity contribution in [2.75, 3.05) is 14.2 Å². The molecule has 4 rings (SSSR count). The molecule has 4 aromatic rings. The Hall–Kier alpha value is -4.14. The molecule has 3 N–H and O–H groups in total. The van der Waals surface area contributed by atoms with E-state index in [4.69, 9.17) is 15.2 Å². The first-order valence-corrected chi connectivity index (χ1v) is 9.46. The van der Waals surface area contributed by atoms with Gasteiger partial charge < -0.3 is 20.2 Å². The number of hydrogen-bond donors (Lipinski definition) is 2. The first-order chi connectivity index (χ1) is 14.8. The molecule has 9 heteroatoms. The van der Waals surface area contributed by atoms with E-state index in [1.165, 1.54) is 11.7 Å². The Kier molecular flexibility index (Phi) is 4.94. The van der Waals surface area contributed by atoms with E-state index in [-0.39, 0.29) is 22.7 Å². The molecular formula is C22H21N5O4. The summed E-state index contributed by atoms with van der Waals surface area (Å²) < 4.78 is 12.1. The zero-order valence-corrected chi connectivity index (χ0v) is 17.5. The highest BCUT2D eigenvalue weighted by Crippen LogP contribution is 2.32. The number of amides is 1. The van der Waals surface area contributed by atoms with Crippen LogP contribution in [0.15, 0.2) is 41.2 Å². The number of imidazole rings is 1. The molecule has 2 aromatic carbocycles. The SMILES string of the molecule is COc1ccc(-c2nc(C(N)=O)c3[nH]c(=O)n(-c4ccc(C)c(C)c4)c3n2)c(OC)c1. The normalized spacial score (nSPS) is 11.0. The fourth-order valence-corrected chi connectivity index (χ4v) is 3.37. The van der Waals surface area contributed by atoms with Gasteiger partial charge in [-0.2, -0.15) is 0 Å². The van der Waals surface area contributed by atoms with Crippen LogP contribution >= 0.6 is 0 Å². The molecule has 1 amide bonds. The lowest BCUT2D eigenvalue weighted by Gasteiger charge is -2.11. The van der Waals surface area contributed by atoms with Crippen LogP contribution < -0.4 is 20.9 Å². The maximum absolute atomic E-state index is 12.8. The van der Waals surface area contributed by atoms with Crippen LogP contribution in [0.3, 0.4) is 0 Å². The number of fused-ring (bicyclic) bond motifs is 1. The topological polar surface area (TPSA) is 125 Å². The largest absolute Gasteiger partial charge is 0.497 e. The van der Waals surface area contributed by atoms with Crippen molar-refractivity contribution < 1.29 is 14.3 Å². The van der Waals surface area contributed by atoms with Crippen LogP contribution in [0.2, 0.25) is 0 Å². The summed E-state index contributed by atoms with van der Waals surface area (Å²) in [4.78, 5) is 36.6. The first-order valence-electron chi connectivity index (χ1n) is 9.46. The molecule has 0 unspecified atom stereocenters. The van der Waals surface area contributed by atoms with E-state index in [9.17, 15) is 9.59 Å². The Balaban J connectivity index is 2.05. The van der Waals surface area contributed by atoms with Gasteiger partial charge in [-0.3, -0.25) is 4.79 Å². The number of carbonyl (C=O) groups is 1. The maximum Gasteiger partial charge on any atom is 0.332 e. The summed E-state index contributed by atoms with van der Waals surface area (Å²) in [5, 5.41) is 0. The van der Waals surface area contributed by atoms with Crippen molar-refractivity contribution in [3.05, 3.63) is 63.7 Å². The monoisotopic (exact) mass is 419 g/mol. The van der Waals surface area contributed by atoms with E-state index < -0.39 is 11.6 Å². The number of primary amides is 1. The van der Waals surface area contributed by atoms with Crippen LogP contribution in [0.5, 0.6) is 11.5 Å². The molecule has 9 nitrogen and oxygen atoms in total. The minimum atomic E-state index is -0.783. The highest BCUT2D eigenvalue weighted by atomic mass is 16.5. The summed E-state index contributed by atoms with van der Waals surface area (Å²) in [6.07, 6.45) is 0. The summed E-state index contributed by atoms with van der Waals surface area (Å²) in [5.74, 6) is 0.447. The predicted octanol–water partition coefficient (Wildman–Crippen LogP) is 2.51. The zero-order valence-electron chi connectivity index (χ0n) is 17.5. The van der Waals surface area contributed by atoms with Gasteiger partial charge in [-0.25, -0.2) is 19.3 Å². The number of ether oxygens (including phenoxy) is 2. The Morgan fingerprint density at radius 3 is 2.45 bits per heavy atom. The molecule has 0 saturated carbocycles. The molecule has 0 aliphatic carbocycles. The van der Waals surface area contributed by atoms with E-state index >= 15 is 0 Å². The molecular weight excluding hydrogens is 398 g/mol. The smallest absolute Gasteiger partial charge is 0.332 e. The fraction of sp³-hybridized carbons (Fsp3) is 0.182. The second kappa shape index (κ2) is 7.60. The van der Waals surface area contributed by atoms with Gasteiger partial charge in [-0.1, -0.05) is 6.07 Å². The van der Waals surface area contributed by atoms with Crippen molar-refractivity contribution in [2.24, 2.45) is 5.73 Å². The first kappa shape index (κ1) is 20.1. The van der Waals surface area contributed by atoms with Crippen LogP contribution in [0, 0.1) is 13.8 Å². The van der Waals surface area contributed by atoms with Crippen LogP contribution in [-0.2, 0) is 0 Å². The Morgan fingerprint density at radius 2 is 1.81 bits per heavy atom. The number of nitrogens with two attached hydrogens (primary N) is 1. The zero-order chi connectivity index (χ0) is 22.3. The highest BCUT2D eigenvalue weighted by molar-refractivity contribution is 6.02. The molecule has 2 heterocycles. The lowest BCUT2D eigenvalue weighted by molar-refractivity contribution is 0.0997. The molecule has 158 valence electrons. The van der Waals surface area contributed by atoms with Gasteiger partial charge in [0.25, 0.3) is 5.91 Å². The average Bonchev–Trinajstić information content (AvgIpc) is 3.09. The molecule has 0 atom stereocenters. The highest BCUT2D eigenvalue weighted by Gasteiger charge is 2.22. The third kappa shape index (κ3) is 3.39. The third-order valence-corrected chi connectivity index (χ3v) is 5.17. The van der Waals surface area contributed by atoms with Crippen molar-refractivity contribution in [2.45, 2.75) is 13.8 Å². The molecule has 2 aromatic heterocycles. The van der Waals surface area contributed by atoms with Crippen molar-refractivity contribution in [1.29, 1.82) is 0 Å². The van der Waals surface area contributed by atoms with E-state index in [2.05, 4.69) is 15.0 Å². The molecule has 0 spiro atoms. The number of carbonyl (C=O) groups excluding carboxylic acids is 1. The predicted molar refractivity (Wildman–Crippen MR) is 116 cm³/mol. The Labute approximate surface area is 177 Å². The lowest BCUT2D eigenvalue weighted by Crippen LogP contribution is -2.15. The Bertz CT molecular complexity index is 1390. The molecule has 0 radical (unpaired) electrons. The van der Waals surface area contributed by atoms with Crippen molar-refractivity contribution in [1.82, 2.24) is 19.5 Å². The number of methoxy groups -OCH3 is 2. The van der Waals surface area contributed by atoms with E-state index in [1.54, 1.807) is 25.3 Å². The van der Waals surface area contributed by atoms with Gasteiger partial charge >= 0.3 is 5.69 Å². The van der Waals surface area contributed by atoms with Crippen LogP contribution in [0.4, 0.5) is 0 Å².